The smallest absolute Gasteiger partial charge is 0.239 e. The predicted octanol–water partition coefficient (Wildman–Crippen LogP) is 3.53. The molecule has 2 aromatic carbocycles. The minimum atomic E-state index is -0.486. The molecule has 0 fully saturated rings. The van der Waals surface area contributed by atoms with Crippen LogP contribution in [-0.2, 0) is 4.79 Å². The van der Waals surface area contributed by atoms with Crippen LogP contribution in [0.2, 0.25) is 5.02 Å². The van der Waals surface area contributed by atoms with Crippen molar-refractivity contribution in [1.29, 1.82) is 0 Å². The zero-order valence-electron chi connectivity index (χ0n) is 12.3. The summed E-state index contributed by atoms with van der Waals surface area (Å²) in [5.74, 6) is 0.176. The summed E-state index contributed by atoms with van der Waals surface area (Å²) in [6.07, 6.45) is 0.727. The Morgan fingerprint density at radius 3 is 2.96 bits per heavy atom. The van der Waals surface area contributed by atoms with E-state index in [9.17, 15) is 9.18 Å². The molecule has 23 heavy (non-hydrogen) atoms. The summed E-state index contributed by atoms with van der Waals surface area (Å²) < 4.78 is 18.7. The van der Waals surface area contributed by atoms with Crippen LogP contribution in [0.4, 0.5) is 10.1 Å². The van der Waals surface area contributed by atoms with Gasteiger partial charge in [0.1, 0.15) is 11.6 Å². The first-order valence-corrected chi connectivity index (χ1v) is 7.71. The van der Waals surface area contributed by atoms with Crippen LogP contribution in [0.25, 0.3) is 0 Å². The molecule has 2 N–H and O–H groups in total. The van der Waals surface area contributed by atoms with Crippen LogP contribution in [-0.4, -0.2) is 19.1 Å². The van der Waals surface area contributed by atoms with Crippen molar-refractivity contribution < 1.29 is 13.9 Å². The highest BCUT2D eigenvalue weighted by atomic mass is 35.5. The first-order valence-electron chi connectivity index (χ1n) is 7.33. The van der Waals surface area contributed by atoms with Crippen molar-refractivity contribution in [2.24, 2.45) is 0 Å². The number of hydrogen-bond acceptors (Lipinski definition) is 3. The van der Waals surface area contributed by atoms with Gasteiger partial charge in [-0.3, -0.25) is 4.79 Å². The number of fused-ring (bicyclic) bond motifs is 1. The van der Waals surface area contributed by atoms with Crippen molar-refractivity contribution in [3.63, 3.8) is 0 Å². The Bertz CT molecular complexity index is 723. The van der Waals surface area contributed by atoms with Crippen molar-refractivity contribution in [3.8, 4) is 5.75 Å². The molecule has 0 radical (unpaired) electrons. The van der Waals surface area contributed by atoms with E-state index in [4.69, 9.17) is 16.3 Å². The fraction of sp³-hybridized carbons (Fsp3) is 0.235. The van der Waals surface area contributed by atoms with E-state index in [2.05, 4.69) is 10.6 Å². The van der Waals surface area contributed by atoms with Gasteiger partial charge in [-0.25, -0.2) is 4.39 Å². The Kier molecular flexibility index (Phi) is 4.67. The third-order valence-corrected chi connectivity index (χ3v) is 3.96. The maximum atomic E-state index is 13.1. The quantitative estimate of drug-likeness (QED) is 0.899. The molecular weight excluding hydrogens is 319 g/mol. The fourth-order valence-corrected chi connectivity index (χ4v) is 2.71. The summed E-state index contributed by atoms with van der Waals surface area (Å²) >= 11 is 5.71. The average molecular weight is 335 g/mol. The summed E-state index contributed by atoms with van der Waals surface area (Å²) in [7, 11) is 0. The highest BCUT2D eigenvalue weighted by Crippen LogP contribution is 2.31. The van der Waals surface area contributed by atoms with Crippen LogP contribution in [0.5, 0.6) is 5.75 Å². The highest BCUT2D eigenvalue weighted by molar-refractivity contribution is 6.31. The normalized spacial score (nSPS) is 16.2. The minimum absolute atomic E-state index is 0.0220. The van der Waals surface area contributed by atoms with Gasteiger partial charge < -0.3 is 15.4 Å². The number of rotatable bonds is 4. The van der Waals surface area contributed by atoms with Gasteiger partial charge in [0.05, 0.1) is 24.2 Å². The van der Waals surface area contributed by atoms with Gasteiger partial charge in [0.25, 0.3) is 0 Å². The highest BCUT2D eigenvalue weighted by Gasteiger charge is 2.22. The number of para-hydroxylation sites is 1. The molecule has 2 aromatic rings. The first-order chi connectivity index (χ1) is 11.1. The fourth-order valence-electron chi connectivity index (χ4n) is 2.53. The lowest BCUT2D eigenvalue weighted by Gasteiger charge is -2.26. The number of benzene rings is 2. The van der Waals surface area contributed by atoms with Crippen molar-refractivity contribution in [1.82, 2.24) is 5.32 Å². The van der Waals surface area contributed by atoms with Gasteiger partial charge in [0, 0.05) is 17.7 Å². The second kappa shape index (κ2) is 6.87. The monoisotopic (exact) mass is 334 g/mol. The van der Waals surface area contributed by atoms with Crippen LogP contribution in [0.3, 0.4) is 0 Å². The number of carbonyl (C=O) groups excluding carboxylic acids is 1. The molecular formula is C17H16ClFN2O2. The topological polar surface area (TPSA) is 50.4 Å². The van der Waals surface area contributed by atoms with Gasteiger partial charge in [0.2, 0.25) is 5.91 Å². The van der Waals surface area contributed by atoms with Crippen molar-refractivity contribution >= 4 is 23.2 Å². The number of nitrogens with one attached hydrogen (secondary N) is 2. The lowest BCUT2D eigenvalue weighted by atomic mass is 10.0. The summed E-state index contributed by atoms with van der Waals surface area (Å²) in [5, 5.41) is 5.94. The molecule has 0 bridgehead atoms. The first kappa shape index (κ1) is 15.6. The Hall–Kier alpha value is -2.27. The van der Waals surface area contributed by atoms with Crippen molar-refractivity contribution in [3.05, 3.63) is 58.9 Å². The van der Waals surface area contributed by atoms with Gasteiger partial charge in [0.15, 0.2) is 0 Å². The summed E-state index contributed by atoms with van der Waals surface area (Å²) in [4.78, 5) is 12.1. The molecule has 6 heteroatoms. The number of carbonyl (C=O) groups is 1. The summed E-state index contributed by atoms with van der Waals surface area (Å²) in [5.41, 5.74) is 1.58. The van der Waals surface area contributed by atoms with Crippen molar-refractivity contribution in [2.45, 2.75) is 12.5 Å². The lowest BCUT2D eigenvalue weighted by Crippen LogP contribution is -2.35. The molecule has 0 spiro atoms. The standard InChI is InChI=1S/C17H16ClFN2O2/c18-13-9-11(5-6-14(13)19)20-10-17(22)21-15-7-8-23-16-4-2-1-3-12(15)16/h1-6,9,15,20H,7-8,10H2,(H,21,22). The van der Waals surface area contributed by atoms with E-state index < -0.39 is 5.82 Å². The predicted molar refractivity (Wildman–Crippen MR) is 87.3 cm³/mol. The summed E-state index contributed by atoms with van der Waals surface area (Å²) in [6, 6.07) is 11.9. The maximum absolute atomic E-state index is 13.1. The number of anilines is 1. The molecule has 1 aliphatic heterocycles. The molecule has 1 unspecified atom stereocenters. The third kappa shape index (κ3) is 3.74. The van der Waals surface area contributed by atoms with Crippen LogP contribution < -0.4 is 15.4 Å². The van der Waals surface area contributed by atoms with Crippen LogP contribution >= 0.6 is 11.6 Å². The number of halogens is 2. The number of amides is 1. The second-order valence-corrected chi connectivity index (χ2v) is 5.68. The van der Waals surface area contributed by atoms with Gasteiger partial charge in [-0.05, 0) is 24.3 Å². The van der Waals surface area contributed by atoms with E-state index in [1.165, 1.54) is 18.2 Å². The largest absolute Gasteiger partial charge is 0.493 e. The molecule has 1 amide bonds. The SMILES string of the molecule is O=C(CNc1ccc(F)c(Cl)c1)NC1CCOc2ccccc21. The summed E-state index contributed by atoms with van der Waals surface area (Å²) in [6.45, 7) is 0.657. The molecule has 4 nitrogen and oxygen atoms in total. The molecule has 0 aromatic heterocycles. The van der Waals surface area contributed by atoms with E-state index in [0.717, 1.165) is 17.7 Å². The van der Waals surface area contributed by atoms with E-state index in [-0.39, 0.29) is 23.5 Å². The Morgan fingerprint density at radius 1 is 1.30 bits per heavy atom. The van der Waals surface area contributed by atoms with E-state index in [1.54, 1.807) is 0 Å². The zero-order valence-corrected chi connectivity index (χ0v) is 13.1. The van der Waals surface area contributed by atoms with Gasteiger partial charge in [-0.2, -0.15) is 0 Å². The molecule has 1 heterocycles. The van der Waals surface area contributed by atoms with Crippen LogP contribution in [0, 0.1) is 5.82 Å². The Labute approximate surface area is 138 Å². The molecule has 0 saturated heterocycles. The van der Waals surface area contributed by atoms with Gasteiger partial charge in [-0.1, -0.05) is 29.8 Å². The molecule has 1 aliphatic rings. The van der Waals surface area contributed by atoms with E-state index in [0.29, 0.717) is 12.3 Å². The van der Waals surface area contributed by atoms with E-state index >= 15 is 0 Å². The zero-order chi connectivity index (χ0) is 16.2. The number of ether oxygens (including phenoxy) is 1. The van der Waals surface area contributed by atoms with Crippen LogP contribution in [0.15, 0.2) is 42.5 Å². The molecule has 0 saturated carbocycles. The van der Waals surface area contributed by atoms with Crippen LogP contribution in [0.1, 0.15) is 18.0 Å². The average Bonchev–Trinajstić information content (AvgIpc) is 2.56. The lowest BCUT2D eigenvalue weighted by molar-refractivity contribution is -0.120. The third-order valence-electron chi connectivity index (χ3n) is 3.67. The van der Waals surface area contributed by atoms with E-state index in [1.807, 2.05) is 24.3 Å². The molecule has 120 valence electrons. The van der Waals surface area contributed by atoms with Gasteiger partial charge >= 0.3 is 0 Å². The molecule has 0 aliphatic carbocycles. The molecule has 1 atom stereocenters. The van der Waals surface area contributed by atoms with Crippen molar-refractivity contribution in [2.75, 3.05) is 18.5 Å². The Morgan fingerprint density at radius 2 is 2.13 bits per heavy atom. The van der Waals surface area contributed by atoms with Gasteiger partial charge in [-0.15, -0.1) is 0 Å². The number of hydrogen-bond donors (Lipinski definition) is 2. The second-order valence-electron chi connectivity index (χ2n) is 5.28. The molecule has 3 rings (SSSR count). The minimum Gasteiger partial charge on any atom is -0.493 e. The maximum Gasteiger partial charge on any atom is 0.239 e. The Balaban J connectivity index is 1.59.